The molecule has 2 aromatic carbocycles. The Morgan fingerprint density at radius 2 is 1.65 bits per heavy atom. The van der Waals surface area contributed by atoms with Crippen LogP contribution in [-0.4, -0.2) is 57.6 Å². The van der Waals surface area contributed by atoms with E-state index in [1.54, 1.807) is 31.2 Å². The highest BCUT2D eigenvalue weighted by atomic mass is 32.2. The second kappa shape index (κ2) is 11.9. The van der Waals surface area contributed by atoms with Crippen LogP contribution in [0.2, 0.25) is 0 Å². The van der Waals surface area contributed by atoms with Crippen molar-refractivity contribution in [3.05, 3.63) is 59.7 Å². The van der Waals surface area contributed by atoms with Crippen molar-refractivity contribution in [2.24, 2.45) is 5.92 Å². The highest BCUT2D eigenvalue weighted by Gasteiger charge is 2.30. The lowest BCUT2D eigenvalue weighted by Crippen LogP contribution is -2.51. The van der Waals surface area contributed by atoms with Crippen LogP contribution in [0.4, 0.5) is 5.69 Å². The van der Waals surface area contributed by atoms with E-state index in [1.165, 1.54) is 12.0 Å². The molecule has 2 amide bonds. The van der Waals surface area contributed by atoms with E-state index < -0.39 is 28.5 Å². The van der Waals surface area contributed by atoms with Crippen molar-refractivity contribution in [1.82, 2.24) is 10.2 Å². The lowest BCUT2D eigenvalue weighted by Gasteiger charge is -2.32. The smallest absolute Gasteiger partial charge is 0.244 e. The lowest BCUT2D eigenvalue weighted by atomic mass is 10.1. The number of carbonyl (C=O) groups is 2. The van der Waals surface area contributed by atoms with Crippen LogP contribution in [0.3, 0.4) is 0 Å². The zero-order valence-corrected chi connectivity index (χ0v) is 21.6. The average molecular weight is 490 g/mol. The molecule has 0 spiro atoms. The number of nitrogens with zero attached hydrogens (tertiary/aromatic N) is 2. The van der Waals surface area contributed by atoms with Crippen LogP contribution in [-0.2, 0) is 26.2 Å². The second-order valence-corrected chi connectivity index (χ2v) is 10.6. The summed E-state index contributed by atoms with van der Waals surface area (Å²) in [4.78, 5) is 27.8. The number of ether oxygens (including phenoxy) is 1. The molecule has 2 aromatic rings. The highest BCUT2D eigenvalue weighted by molar-refractivity contribution is 7.92. The Bertz CT molecular complexity index is 1080. The van der Waals surface area contributed by atoms with Crippen LogP contribution < -0.4 is 14.4 Å². The summed E-state index contributed by atoms with van der Waals surface area (Å²) in [5.74, 6) is 0.0651. The standard InChI is InChI=1S/C25H35N3O5S/c1-18(2)15-26-25(30)20(4)27(16-21-10-8-7-9-19(21)3)24(29)17-28(34(6,31)32)22-11-13-23(33-5)14-12-22/h7-14,18,20H,15-17H2,1-6H3,(H,26,30)/t20-/m1/s1. The first-order valence-corrected chi connectivity index (χ1v) is 13.0. The Morgan fingerprint density at radius 1 is 1.03 bits per heavy atom. The fraction of sp³-hybridized carbons (Fsp3) is 0.440. The molecule has 1 atom stereocenters. The quantitative estimate of drug-likeness (QED) is 0.524. The van der Waals surface area contributed by atoms with E-state index in [4.69, 9.17) is 4.74 Å². The van der Waals surface area contributed by atoms with E-state index in [-0.39, 0.29) is 18.4 Å². The van der Waals surface area contributed by atoms with Crippen LogP contribution >= 0.6 is 0 Å². The Labute approximate surface area is 202 Å². The molecule has 0 fully saturated rings. The summed E-state index contributed by atoms with van der Waals surface area (Å²) in [5, 5.41) is 2.87. The predicted molar refractivity (Wildman–Crippen MR) is 134 cm³/mol. The van der Waals surface area contributed by atoms with Crippen molar-refractivity contribution in [3.8, 4) is 5.75 Å². The van der Waals surface area contributed by atoms with Crippen molar-refractivity contribution < 1.29 is 22.7 Å². The maximum Gasteiger partial charge on any atom is 0.244 e. The SMILES string of the molecule is COc1ccc(N(CC(=O)N(Cc2ccccc2C)[C@H](C)C(=O)NCC(C)C)S(C)(=O)=O)cc1. The average Bonchev–Trinajstić information content (AvgIpc) is 2.79. The van der Waals surface area contributed by atoms with Gasteiger partial charge < -0.3 is 15.0 Å². The van der Waals surface area contributed by atoms with Gasteiger partial charge in [-0.15, -0.1) is 0 Å². The number of amides is 2. The number of sulfonamides is 1. The van der Waals surface area contributed by atoms with Gasteiger partial charge in [0.15, 0.2) is 0 Å². The molecule has 0 aliphatic heterocycles. The normalized spacial score (nSPS) is 12.2. The van der Waals surface area contributed by atoms with Gasteiger partial charge in [0.05, 0.1) is 19.1 Å². The maximum atomic E-state index is 13.5. The summed E-state index contributed by atoms with van der Waals surface area (Å²) in [7, 11) is -2.25. The lowest BCUT2D eigenvalue weighted by molar-refractivity contribution is -0.139. The molecule has 0 unspecified atom stereocenters. The molecule has 0 saturated heterocycles. The first-order chi connectivity index (χ1) is 15.9. The Balaban J connectivity index is 2.37. The van der Waals surface area contributed by atoms with Gasteiger partial charge in [0.1, 0.15) is 18.3 Å². The first kappa shape index (κ1) is 27.2. The van der Waals surface area contributed by atoms with E-state index in [2.05, 4.69) is 5.32 Å². The molecule has 34 heavy (non-hydrogen) atoms. The third-order valence-electron chi connectivity index (χ3n) is 5.49. The van der Waals surface area contributed by atoms with Gasteiger partial charge in [-0.05, 0) is 55.2 Å². The summed E-state index contributed by atoms with van der Waals surface area (Å²) in [6.45, 7) is 7.80. The minimum absolute atomic E-state index is 0.183. The molecule has 8 nitrogen and oxygen atoms in total. The molecule has 0 heterocycles. The Kier molecular flexibility index (Phi) is 9.49. The van der Waals surface area contributed by atoms with Crippen molar-refractivity contribution in [1.29, 1.82) is 0 Å². The second-order valence-electron chi connectivity index (χ2n) is 8.73. The highest BCUT2D eigenvalue weighted by Crippen LogP contribution is 2.22. The van der Waals surface area contributed by atoms with E-state index in [0.29, 0.717) is 18.0 Å². The molecule has 186 valence electrons. The van der Waals surface area contributed by atoms with Crippen LogP contribution in [0.1, 0.15) is 31.9 Å². The summed E-state index contributed by atoms with van der Waals surface area (Å²) in [6.07, 6.45) is 1.05. The van der Waals surface area contributed by atoms with Crippen molar-refractivity contribution >= 4 is 27.5 Å². The Morgan fingerprint density at radius 3 is 2.18 bits per heavy atom. The van der Waals surface area contributed by atoms with Gasteiger partial charge in [-0.2, -0.15) is 0 Å². The molecule has 9 heteroatoms. The predicted octanol–water partition coefficient (Wildman–Crippen LogP) is 2.96. The van der Waals surface area contributed by atoms with Crippen LogP contribution in [0.5, 0.6) is 5.75 Å². The van der Waals surface area contributed by atoms with Crippen LogP contribution in [0, 0.1) is 12.8 Å². The fourth-order valence-corrected chi connectivity index (χ4v) is 4.22. The molecule has 0 aromatic heterocycles. The summed E-state index contributed by atoms with van der Waals surface area (Å²) in [5.41, 5.74) is 2.20. The molecular formula is C25H35N3O5S. The number of rotatable bonds is 11. The van der Waals surface area contributed by atoms with Gasteiger partial charge in [-0.25, -0.2) is 8.42 Å². The van der Waals surface area contributed by atoms with E-state index in [1.807, 2.05) is 45.0 Å². The molecular weight excluding hydrogens is 454 g/mol. The summed E-state index contributed by atoms with van der Waals surface area (Å²) < 4.78 is 31.3. The number of aryl methyl sites for hydroxylation is 1. The van der Waals surface area contributed by atoms with Crippen molar-refractivity contribution in [3.63, 3.8) is 0 Å². The molecule has 0 bridgehead atoms. The summed E-state index contributed by atoms with van der Waals surface area (Å²) >= 11 is 0. The topological polar surface area (TPSA) is 96.0 Å². The number of methoxy groups -OCH3 is 1. The third kappa shape index (κ3) is 7.48. The van der Waals surface area contributed by atoms with Gasteiger partial charge >= 0.3 is 0 Å². The molecule has 0 aliphatic carbocycles. The van der Waals surface area contributed by atoms with E-state index in [0.717, 1.165) is 21.7 Å². The maximum absolute atomic E-state index is 13.5. The number of nitrogens with one attached hydrogen (secondary N) is 1. The fourth-order valence-electron chi connectivity index (χ4n) is 3.37. The number of hydrogen-bond donors (Lipinski definition) is 1. The molecule has 0 radical (unpaired) electrons. The van der Waals surface area contributed by atoms with Crippen molar-refractivity contribution in [2.75, 3.05) is 30.8 Å². The number of benzene rings is 2. The van der Waals surface area contributed by atoms with E-state index in [9.17, 15) is 18.0 Å². The number of carbonyl (C=O) groups excluding carboxylic acids is 2. The van der Waals surface area contributed by atoms with Gasteiger partial charge in [0, 0.05) is 13.1 Å². The molecule has 0 saturated carbocycles. The number of anilines is 1. The zero-order valence-electron chi connectivity index (χ0n) is 20.7. The first-order valence-electron chi connectivity index (χ1n) is 11.2. The van der Waals surface area contributed by atoms with Gasteiger partial charge in [0.2, 0.25) is 21.8 Å². The summed E-state index contributed by atoms with van der Waals surface area (Å²) in [6, 6.07) is 13.2. The molecule has 0 aliphatic rings. The van der Waals surface area contributed by atoms with Crippen molar-refractivity contribution in [2.45, 2.75) is 40.3 Å². The Hall–Kier alpha value is -3.07. The van der Waals surface area contributed by atoms with Crippen LogP contribution in [0.15, 0.2) is 48.5 Å². The zero-order chi connectivity index (χ0) is 25.5. The minimum atomic E-state index is -3.77. The molecule has 2 rings (SSSR count). The molecule has 1 N–H and O–H groups in total. The van der Waals surface area contributed by atoms with E-state index >= 15 is 0 Å². The minimum Gasteiger partial charge on any atom is -0.497 e. The third-order valence-corrected chi connectivity index (χ3v) is 6.63. The van der Waals surface area contributed by atoms with Gasteiger partial charge in [-0.1, -0.05) is 38.1 Å². The monoisotopic (exact) mass is 489 g/mol. The largest absolute Gasteiger partial charge is 0.497 e. The van der Waals surface area contributed by atoms with Crippen LogP contribution in [0.25, 0.3) is 0 Å². The number of hydrogen-bond acceptors (Lipinski definition) is 5. The van der Waals surface area contributed by atoms with Gasteiger partial charge in [-0.3, -0.25) is 13.9 Å². The van der Waals surface area contributed by atoms with Gasteiger partial charge in [0.25, 0.3) is 0 Å².